The SMILES string of the molecule is Cc1nc(-c2cccnc2)sc1-c1ccc2c(C)nn(C(N)=O)c2n1. The van der Waals surface area contributed by atoms with E-state index in [1.54, 1.807) is 12.4 Å². The van der Waals surface area contributed by atoms with Gasteiger partial charge in [-0.25, -0.2) is 14.8 Å². The van der Waals surface area contributed by atoms with Gasteiger partial charge in [-0.1, -0.05) is 0 Å². The molecule has 25 heavy (non-hydrogen) atoms. The van der Waals surface area contributed by atoms with Gasteiger partial charge in [-0.2, -0.15) is 9.78 Å². The van der Waals surface area contributed by atoms with Crippen molar-refractivity contribution in [2.75, 3.05) is 0 Å². The van der Waals surface area contributed by atoms with E-state index in [4.69, 9.17) is 5.73 Å². The first-order valence-corrected chi connectivity index (χ1v) is 8.40. The molecule has 4 heterocycles. The third-order valence-electron chi connectivity index (χ3n) is 3.86. The molecule has 2 N–H and O–H groups in total. The molecule has 1 amide bonds. The minimum atomic E-state index is -0.653. The lowest BCUT2D eigenvalue weighted by atomic mass is 10.2. The van der Waals surface area contributed by atoms with Gasteiger partial charge in [0.15, 0.2) is 5.65 Å². The number of hydrogen-bond acceptors (Lipinski definition) is 6. The first-order valence-electron chi connectivity index (χ1n) is 7.59. The molecule has 0 aliphatic carbocycles. The third-order valence-corrected chi connectivity index (χ3v) is 5.09. The van der Waals surface area contributed by atoms with Crippen molar-refractivity contribution in [2.24, 2.45) is 5.73 Å². The highest BCUT2D eigenvalue weighted by molar-refractivity contribution is 7.18. The average molecular weight is 350 g/mol. The van der Waals surface area contributed by atoms with Crippen LogP contribution in [0.5, 0.6) is 0 Å². The summed E-state index contributed by atoms with van der Waals surface area (Å²) >= 11 is 1.54. The third kappa shape index (κ3) is 2.56. The van der Waals surface area contributed by atoms with Gasteiger partial charge in [0, 0.05) is 23.3 Å². The first-order chi connectivity index (χ1) is 12.0. The molecule has 0 bridgehead atoms. The highest BCUT2D eigenvalue weighted by atomic mass is 32.1. The predicted octanol–water partition coefficient (Wildman–Crippen LogP) is 3.16. The van der Waals surface area contributed by atoms with Crippen molar-refractivity contribution in [3.05, 3.63) is 48.0 Å². The van der Waals surface area contributed by atoms with Crippen LogP contribution in [-0.2, 0) is 0 Å². The van der Waals surface area contributed by atoms with Gasteiger partial charge < -0.3 is 5.73 Å². The zero-order chi connectivity index (χ0) is 17.6. The van der Waals surface area contributed by atoms with Crippen molar-refractivity contribution < 1.29 is 4.79 Å². The van der Waals surface area contributed by atoms with E-state index in [1.807, 2.05) is 38.1 Å². The highest BCUT2D eigenvalue weighted by Gasteiger charge is 2.17. The van der Waals surface area contributed by atoms with E-state index in [0.717, 1.165) is 36.9 Å². The Labute approximate surface area is 147 Å². The Hall–Kier alpha value is -3.13. The van der Waals surface area contributed by atoms with Crippen molar-refractivity contribution in [2.45, 2.75) is 13.8 Å². The van der Waals surface area contributed by atoms with E-state index < -0.39 is 6.03 Å². The Morgan fingerprint density at radius 2 is 2.00 bits per heavy atom. The molecule has 4 rings (SSSR count). The van der Waals surface area contributed by atoms with Gasteiger partial charge in [0.2, 0.25) is 0 Å². The molecule has 7 nitrogen and oxygen atoms in total. The summed E-state index contributed by atoms with van der Waals surface area (Å²) < 4.78 is 1.13. The number of nitrogens with two attached hydrogens (primary N) is 1. The van der Waals surface area contributed by atoms with Gasteiger partial charge >= 0.3 is 6.03 Å². The first kappa shape index (κ1) is 15.4. The minimum absolute atomic E-state index is 0.457. The van der Waals surface area contributed by atoms with Crippen molar-refractivity contribution in [1.82, 2.24) is 24.7 Å². The van der Waals surface area contributed by atoms with Crippen LogP contribution in [0.4, 0.5) is 4.79 Å². The number of aryl methyl sites for hydroxylation is 2. The van der Waals surface area contributed by atoms with Crippen LogP contribution in [0.15, 0.2) is 36.7 Å². The summed E-state index contributed by atoms with van der Waals surface area (Å²) in [6, 6.07) is 7.01. The second kappa shape index (κ2) is 5.75. The van der Waals surface area contributed by atoms with Crippen LogP contribution in [0.25, 0.3) is 32.2 Å². The summed E-state index contributed by atoms with van der Waals surface area (Å²) in [5, 5.41) is 5.84. The van der Waals surface area contributed by atoms with Crippen LogP contribution in [0, 0.1) is 13.8 Å². The molecule has 0 fully saturated rings. The molecule has 0 aromatic carbocycles. The number of rotatable bonds is 2. The number of primary amides is 1. The Balaban J connectivity index is 1.86. The van der Waals surface area contributed by atoms with E-state index in [-0.39, 0.29) is 0 Å². The van der Waals surface area contributed by atoms with E-state index in [9.17, 15) is 4.79 Å². The largest absolute Gasteiger partial charge is 0.350 e. The molecule has 0 aliphatic heterocycles. The molecule has 0 saturated heterocycles. The highest BCUT2D eigenvalue weighted by Crippen LogP contribution is 2.34. The fourth-order valence-electron chi connectivity index (χ4n) is 2.67. The van der Waals surface area contributed by atoms with Gasteiger partial charge in [0.05, 0.1) is 22.0 Å². The lowest BCUT2D eigenvalue weighted by molar-refractivity contribution is 0.248. The van der Waals surface area contributed by atoms with Crippen LogP contribution in [0.1, 0.15) is 11.4 Å². The molecule has 0 unspecified atom stereocenters. The predicted molar refractivity (Wildman–Crippen MR) is 96.3 cm³/mol. The lowest BCUT2D eigenvalue weighted by Gasteiger charge is -2.00. The molecule has 0 radical (unpaired) electrons. The Morgan fingerprint density at radius 3 is 2.72 bits per heavy atom. The molecule has 0 spiro atoms. The summed E-state index contributed by atoms with van der Waals surface area (Å²) in [5.41, 5.74) is 9.13. The van der Waals surface area contributed by atoms with Crippen LogP contribution < -0.4 is 5.73 Å². The maximum absolute atomic E-state index is 11.6. The smallest absolute Gasteiger partial charge is 0.341 e. The van der Waals surface area contributed by atoms with Gasteiger partial charge in [-0.15, -0.1) is 11.3 Å². The van der Waals surface area contributed by atoms with Gasteiger partial charge in [-0.3, -0.25) is 4.98 Å². The fourth-order valence-corrected chi connectivity index (χ4v) is 3.70. The number of carbonyl (C=O) groups is 1. The number of hydrogen-bond donors (Lipinski definition) is 1. The van der Waals surface area contributed by atoms with Crippen molar-refractivity contribution in [3.8, 4) is 21.1 Å². The summed E-state index contributed by atoms with van der Waals surface area (Å²) in [4.78, 5) is 25.9. The van der Waals surface area contributed by atoms with Crippen molar-refractivity contribution in [3.63, 3.8) is 0 Å². The normalized spacial score (nSPS) is 11.1. The zero-order valence-corrected chi connectivity index (χ0v) is 14.4. The molecule has 0 atom stereocenters. The monoisotopic (exact) mass is 350 g/mol. The second-order valence-corrected chi connectivity index (χ2v) is 6.58. The van der Waals surface area contributed by atoms with Crippen molar-refractivity contribution in [1.29, 1.82) is 0 Å². The van der Waals surface area contributed by atoms with Gasteiger partial charge in [0.1, 0.15) is 5.01 Å². The van der Waals surface area contributed by atoms with Crippen LogP contribution >= 0.6 is 11.3 Å². The minimum Gasteiger partial charge on any atom is -0.350 e. The van der Waals surface area contributed by atoms with Gasteiger partial charge in [-0.05, 0) is 38.1 Å². The van der Waals surface area contributed by atoms with E-state index in [1.165, 1.54) is 11.3 Å². The molecular formula is C17H14N6OS. The Kier molecular flexibility index (Phi) is 3.54. The number of fused-ring (bicyclic) bond motifs is 1. The topological polar surface area (TPSA) is 99.6 Å². The van der Waals surface area contributed by atoms with E-state index >= 15 is 0 Å². The average Bonchev–Trinajstić information content (AvgIpc) is 3.16. The molecular weight excluding hydrogens is 336 g/mol. The maximum atomic E-state index is 11.6. The summed E-state index contributed by atoms with van der Waals surface area (Å²) in [6.45, 7) is 3.76. The molecule has 8 heteroatoms. The summed E-state index contributed by atoms with van der Waals surface area (Å²) in [6.07, 6.45) is 3.51. The Bertz CT molecular complexity index is 1100. The quantitative estimate of drug-likeness (QED) is 0.598. The number of pyridine rings is 2. The standard InChI is InChI=1S/C17H14N6OS/c1-9-12-5-6-13(21-15(12)23(22-9)17(18)24)14-10(2)20-16(25-14)11-4-3-7-19-8-11/h3-8H,1-2H3,(H2,18,24). The van der Waals surface area contributed by atoms with E-state index in [2.05, 4.69) is 20.1 Å². The lowest BCUT2D eigenvalue weighted by Crippen LogP contribution is -2.21. The molecule has 4 aromatic rings. The fraction of sp³-hybridized carbons (Fsp3) is 0.118. The Morgan fingerprint density at radius 1 is 1.16 bits per heavy atom. The maximum Gasteiger partial charge on any atom is 0.341 e. The number of aromatic nitrogens is 5. The van der Waals surface area contributed by atoms with E-state index in [0.29, 0.717) is 11.3 Å². The second-order valence-electron chi connectivity index (χ2n) is 5.58. The molecule has 124 valence electrons. The summed E-state index contributed by atoms with van der Waals surface area (Å²) in [7, 11) is 0. The van der Waals surface area contributed by atoms with Gasteiger partial charge in [0.25, 0.3) is 0 Å². The van der Waals surface area contributed by atoms with Crippen LogP contribution in [-0.4, -0.2) is 30.8 Å². The number of thiazole rings is 1. The molecule has 4 aromatic heterocycles. The van der Waals surface area contributed by atoms with Crippen LogP contribution in [0.3, 0.4) is 0 Å². The molecule has 0 saturated carbocycles. The number of carbonyl (C=O) groups excluding carboxylic acids is 1. The van der Waals surface area contributed by atoms with Crippen molar-refractivity contribution >= 4 is 28.4 Å². The van der Waals surface area contributed by atoms with Crippen LogP contribution in [0.2, 0.25) is 0 Å². The molecule has 0 aliphatic rings. The zero-order valence-electron chi connectivity index (χ0n) is 13.6. The number of nitrogens with zero attached hydrogens (tertiary/aromatic N) is 5. The number of amides is 1. The summed E-state index contributed by atoms with van der Waals surface area (Å²) in [5.74, 6) is 0.